The van der Waals surface area contributed by atoms with Crippen molar-refractivity contribution >= 4 is 23.2 Å². The molecule has 112 valence electrons. The van der Waals surface area contributed by atoms with Gasteiger partial charge in [-0.3, -0.25) is 0 Å². The summed E-state index contributed by atoms with van der Waals surface area (Å²) >= 11 is 12.1. The van der Waals surface area contributed by atoms with Crippen LogP contribution in [0.25, 0.3) is 0 Å². The molecule has 21 heavy (non-hydrogen) atoms. The minimum atomic E-state index is 0.497. The molecule has 1 atom stereocenters. The van der Waals surface area contributed by atoms with Gasteiger partial charge in [-0.25, -0.2) is 0 Å². The molecule has 0 aliphatic heterocycles. The van der Waals surface area contributed by atoms with Gasteiger partial charge in [0.25, 0.3) is 0 Å². The third kappa shape index (κ3) is 5.70. The Labute approximate surface area is 137 Å². The summed E-state index contributed by atoms with van der Waals surface area (Å²) in [5.41, 5.74) is 2.54. The smallest absolute Gasteiger partial charge is 0.0453 e. The van der Waals surface area contributed by atoms with E-state index >= 15 is 0 Å². The third-order valence-corrected chi connectivity index (χ3v) is 4.20. The first-order valence-electron chi connectivity index (χ1n) is 7.36. The second-order valence-electron chi connectivity index (χ2n) is 5.37. The van der Waals surface area contributed by atoms with Gasteiger partial charge in [-0.1, -0.05) is 59.6 Å². The van der Waals surface area contributed by atoms with Gasteiger partial charge in [0.2, 0.25) is 0 Å². The molecule has 0 saturated heterocycles. The first-order chi connectivity index (χ1) is 10.1. The van der Waals surface area contributed by atoms with Crippen LogP contribution in [0.15, 0.2) is 48.5 Å². The molecule has 0 fully saturated rings. The average Bonchev–Trinajstić information content (AvgIpc) is 2.48. The standard InChI is InChI=1S/C18H21Cl2N/c1-14(7-8-15-5-3-2-4-6-15)21-12-11-16-9-10-17(19)13-18(16)20/h2-6,9-10,13-14,21H,7-8,11-12H2,1H3. The molecule has 0 heterocycles. The Bertz CT molecular complexity index is 554. The van der Waals surface area contributed by atoms with Gasteiger partial charge in [0.05, 0.1) is 0 Å². The Balaban J connectivity index is 1.70. The maximum atomic E-state index is 6.17. The van der Waals surface area contributed by atoms with Gasteiger partial charge in [0.15, 0.2) is 0 Å². The van der Waals surface area contributed by atoms with Gasteiger partial charge in [-0.2, -0.15) is 0 Å². The van der Waals surface area contributed by atoms with Crippen molar-refractivity contribution in [1.82, 2.24) is 5.32 Å². The van der Waals surface area contributed by atoms with Crippen LogP contribution in [0.2, 0.25) is 10.0 Å². The van der Waals surface area contributed by atoms with Crippen LogP contribution in [0, 0.1) is 0 Å². The van der Waals surface area contributed by atoms with E-state index in [1.807, 2.05) is 12.1 Å². The average molecular weight is 322 g/mol. The van der Waals surface area contributed by atoms with Crippen LogP contribution in [0.1, 0.15) is 24.5 Å². The number of rotatable bonds is 7. The van der Waals surface area contributed by atoms with Crippen molar-refractivity contribution in [1.29, 1.82) is 0 Å². The van der Waals surface area contributed by atoms with E-state index in [4.69, 9.17) is 23.2 Å². The lowest BCUT2D eigenvalue weighted by atomic mass is 10.1. The van der Waals surface area contributed by atoms with E-state index < -0.39 is 0 Å². The van der Waals surface area contributed by atoms with Crippen LogP contribution in [-0.2, 0) is 12.8 Å². The Morgan fingerprint density at radius 1 is 1.00 bits per heavy atom. The van der Waals surface area contributed by atoms with E-state index in [0.29, 0.717) is 11.1 Å². The zero-order valence-corrected chi connectivity index (χ0v) is 13.8. The van der Waals surface area contributed by atoms with Gasteiger partial charge < -0.3 is 5.32 Å². The summed E-state index contributed by atoms with van der Waals surface area (Å²) in [5.74, 6) is 0. The van der Waals surface area contributed by atoms with Gasteiger partial charge >= 0.3 is 0 Å². The monoisotopic (exact) mass is 321 g/mol. The van der Waals surface area contributed by atoms with E-state index in [0.717, 1.165) is 36.4 Å². The molecule has 0 saturated carbocycles. The highest BCUT2D eigenvalue weighted by atomic mass is 35.5. The predicted molar refractivity (Wildman–Crippen MR) is 92.4 cm³/mol. The molecular weight excluding hydrogens is 301 g/mol. The molecule has 0 bridgehead atoms. The van der Waals surface area contributed by atoms with Crippen molar-refractivity contribution in [3.8, 4) is 0 Å². The third-order valence-electron chi connectivity index (χ3n) is 3.61. The summed E-state index contributed by atoms with van der Waals surface area (Å²) in [4.78, 5) is 0. The lowest BCUT2D eigenvalue weighted by molar-refractivity contribution is 0.517. The lowest BCUT2D eigenvalue weighted by Crippen LogP contribution is -2.28. The second kappa shape index (κ2) is 8.43. The first kappa shape index (κ1) is 16.4. The fourth-order valence-electron chi connectivity index (χ4n) is 2.31. The summed E-state index contributed by atoms with van der Waals surface area (Å²) in [6.07, 6.45) is 3.17. The molecular formula is C18H21Cl2N. The number of nitrogens with one attached hydrogen (secondary N) is 1. The van der Waals surface area contributed by atoms with Gasteiger partial charge in [0, 0.05) is 16.1 Å². The summed E-state index contributed by atoms with van der Waals surface area (Å²) in [7, 11) is 0. The van der Waals surface area contributed by atoms with Gasteiger partial charge in [-0.05, 0) is 56.0 Å². The van der Waals surface area contributed by atoms with Crippen LogP contribution >= 0.6 is 23.2 Å². The van der Waals surface area contributed by atoms with Gasteiger partial charge in [-0.15, -0.1) is 0 Å². The molecule has 0 spiro atoms. The van der Waals surface area contributed by atoms with Crippen LogP contribution in [0.3, 0.4) is 0 Å². The number of halogens is 2. The largest absolute Gasteiger partial charge is 0.314 e. The maximum absolute atomic E-state index is 6.17. The van der Waals surface area contributed by atoms with Crippen molar-refractivity contribution in [2.24, 2.45) is 0 Å². The zero-order chi connectivity index (χ0) is 15.1. The molecule has 0 aliphatic rings. The van der Waals surface area contributed by atoms with E-state index in [-0.39, 0.29) is 0 Å². The fourth-order valence-corrected chi connectivity index (χ4v) is 2.81. The van der Waals surface area contributed by atoms with Crippen LogP contribution in [0.5, 0.6) is 0 Å². The van der Waals surface area contributed by atoms with Crippen molar-refractivity contribution in [3.05, 3.63) is 69.7 Å². The SMILES string of the molecule is CC(CCc1ccccc1)NCCc1ccc(Cl)cc1Cl. The maximum Gasteiger partial charge on any atom is 0.0453 e. The highest BCUT2D eigenvalue weighted by Gasteiger charge is 2.04. The van der Waals surface area contributed by atoms with Crippen molar-refractivity contribution < 1.29 is 0 Å². The molecule has 0 aliphatic carbocycles. The molecule has 1 N–H and O–H groups in total. The molecule has 2 aromatic carbocycles. The molecule has 3 heteroatoms. The number of aryl methyl sites for hydroxylation is 1. The molecule has 0 amide bonds. The topological polar surface area (TPSA) is 12.0 Å². The Morgan fingerprint density at radius 2 is 1.76 bits per heavy atom. The van der Waals surface area contributed by atoms with Crippen molar-refractivity contribution in [3.63, 3.8) is 0 Å². The number of hydrogen-bond donors (Lipinski definition) is 1. The summed E-state index contributed by atoms with van der Waals surface area (Å²) in [6.45, 7) is 3.16. The van der Waals surface area contributed by atoms with E-state index in [1.54, 1.807) is 6.07 Å². The van der Waals surface area contributed by atoms with E-state index in [9.17, 15) is 0 Å². The minimum absolute atomic E-state index is 0.497. The lowest BCUT2D eigenvalue weighted by Gasteiger charge is -2.14. The minimum Gasteiger partial charge on any atom is -0.314 e. The van der Waals surface area contributed by atoms with E-state index in [1.165, 1.54) is 5.56 Å². The first-order valence-corrected chi connectivity index (χ1v) is 8.12. The van der Waals surface area contributed by atoms with Crippen LogP contribution < -0.4 is 5.32 Å². The van der Waals surface area contributed by atoms with Crippen molar-refractivity contribution in [2.45, 2.75) is 32.2 Å². The predicted octanol–water partition coefficient (Wildman–Crippen LogP) is 5.15. The van der Waals surface area contributed by atoms with Gasteiger partial charge in [0.1, 0.15) is 0 Å². The highest BCUT2D eigenvalue weighted by Crippen LogP contribution is 2.21. The Morgan fingerprint density at radius 3 is 2.48 bits per heavy atom. The molecule has 1 unspecified atom stereocenters. The number of benzene rings is 2. The quantitative estimate of drug-likeness (QED) is 0.743. The second-order valence-corrected chi connectivity index (χ2v) is 6.21. The fraction of sp³-hybridized carbons (Fsp3) is 0.333. The molecule has 1 nitrogen and oxygen atoms in total. The Kier molecular flexibility index (Phi) is 6.56. The summed E-state index contributed by atoms with van der Waals surface area (Å²) in [6, 6.07) is 16.8. The Hall–Kier alpha value is -1.02. The van der Waals surface area contributed by atoms with E-state index in [2.05, 4.69) is 42.6 Å². The van der Waals surface area contributed by atoms with Crippen molar-refractivity contribution in [2.75, 3.05) is 6.54 Å². The molecule has 2 rings (SSSR count). The highest BCUT2D eigenvalue weighted by molar-refractivity contribution is 6.35. The number of hydrogen-bond acceptors (Lipinski definition) is 1. The zero-order valence-electron chi connectivity index (χ0n) is 12.3. The normalized spacial score (nSPS) is 12.3. The summed E-state index contributed by atoms with van der Waals surface area (Å²) < 4.78 is 0. The molecule has 0 aromatic heterocycles. The molecule has 2 aromatic rings. The van der Waals surface area contributed by atoms with Crippen LogP contribution in [-0.4, -0.2) is 12.6 Å². The summed E-state index contributed by atoms with van der Waals surface area (Å²) in [5, 5.41) is 4.99. The van der Waals surface area contributed by atoms with Crippen LogP contribution in [0.4, 0.5) is 0 Å². The molecule has 0 radical (unpaired) electrons.